The van der Waals surface area contributed by atoms with E-state index in [9.17, 15) is 22.8 Å². The van der Waals surface area contributed by atoms with E-state index < -0.39 is 36.8 Å². The maximum atomic E-state index is 12.6. The minimum absolute atomic E-state index is 0.147. The first-order valence-electron chi connectivity index (χ1n) is 8.20. The number of benzene rings is 2. The lowest BCUT2D eigenvalue weighted by Gasteiger charge is -2.11. The average Bonchev–Trinajstić information content (AvgIpc) is 2.70. The van der Waals surface area contributed by atoms with Crippen LogP contribution in [0.4, 0.5) is 18.9 Å². The summed E-state index contributed by atoms with van der Waals surface area (Å²) in [7, 11) is 2.91. The molecule has 0 saturated carbocycles. The Balaban J connectivity index is 1.81. The Bertz CT molecular complexity index is 869. The zero-order valence-electron chi connectivity index (χ0n) is 15.5. The van der Waals surface area contributed by atoms with Crippen molar-refractivity contribution in [3.05, 3.63) is 48.0 Å². The molecule has 1 amide bonds. The van der Waals surface area contributed by atoms with Crippen LogP contribution in [0, 0.1) is 0 Å². The molecule has 0 aliphatic rings. The highest BCUT2D eigenvalue weighted by Crippen LogP contribution is 2.31. The monoisotopic (exact) mass is 413 g/mol. The molecule has 156 valence electrons. The van der Waals surface area contributed by atoms with Crippen LogP contribution >= 0.6 is 0 Å². The van der Waals surface area contributed by atoms with Crippen molar-refractivity contribution in [1.82, 2.24) is 0 Å². The lowest BCUT2D eigenvalue weighted by molar-refractivity contribution is -0.149. The number of hydrogen-bond donors (Lipinski definition) is 1. The number of halogens is 3. The molecule has 0 bridgehead atoms. The maximum Gasteiger partial charge on any atom is 0.416 e. The highest BCUT2D eigenvalue weighted by atomic mass is 19.4. The van der Waals surface area contributed by atoms with E-state index in [1.165, 1.54) is 26.4 Å². The van der Waals surface area contributed by atoms with E-state index in [2.05, 4.69) is 5.32 Å². The molecule has 0 saturated heterocycles. The van der Waals surface area contributed by atoms with Crippen LogP contribution in [0.5, 0.6) is 17.2 Å². The molecule has 2 aromatic carbocycles. The molecule has 0 aliphatic carbocycles. The molecular formula is C19H18F3NO6. The van der Waals surface area contributed by atoms with E-state index in [1.807, 2.05) is 0 Å². The van der Waals surface area contributed by atoms with Crippen molar-refractivity contribution in [3.63, 3.8) is 0 Å². The Morgan fingerprint density at radius 1 is 0.966 bits per heavy atom. The molecule has 0 atom stereocenters. The molecule has 0 heterocycles. The molecule has 0 unspecified atom stereocenters. The summed E-state index contributed by atoms with van der Waals surface area (Å²) in [5.74, 6) is -0.804. The van der Waals surface area contributed by atoms with Crippen LogP contribution in [-0.2, 0) is 20.5 Å². The lowest BCUT2D eigenvalue weighted by Crippen LogP contribution is -2.23. The van der Waals surface area contributed by atoms with Gasteiger partial charge in [0.05, 0.1) is 19.8 Å². The van der Waals surface area contributed by atoms with Gasteiger partial charge >= 0.3 is 12.1 Å². The van der Waals surface area contributed by atoms with Crippen molar-refractivity contribution in [2.45, 2.75) is 6.18 Å². The highest BCUT2D eigenvalue weighted by Gasteiger charge is 2.30. The second kappa shape index (κ2) is 9.67. The molecule has 0 aliphatic heterocycles. The Hall–Kier alpha value is -3.43. The summed E-state index contributed by atoms with van der Waals surface area (Å²) < 4.78 is 57.8. The predicted octanol–water partition coefficient (Wildman–Crippen LogP) is 3.28. The normalized spacial score (nSPS) is 10.8. The van der Waals surface area contributed by atoms with Crippen molar-refractivity contribution < 1.29 is 41.7 Å². The van der Waals surface area contributed by atoms with E-state index >= 15 is 0 Å². The fourth-order valence-corrected chi connectivity index (χ4v) is 2.20. The molecule has 1 N–H and O–H groups in total. The van der Waals surface area contributed by atoms with Crippen molar-refractivity contribution in [3.8, 4) is 17.2 Å². The SMILES string of the molecule is COc1ccc(NC(=O)COC(=O)COc2cccc(C(F)(F)F)c2)cc1OC. The molecular weight excluding hydrogens is 395 g/mol. The van der Waals surface area contributed by atoms with Gasteiger partial charge in [-0.05, 0) is 30.3 Å². The first kappa shape index (κ1) is 21.9. The summed E-state index contributed by atoms with van der Waals surface area (Å²) in [6.45, 7) is -1.25. The highest BCUT2D eigenvalue weighted by molar-refractivity contribution is 5.93. The Kier molecular flexibility index (Phi) is 7.29. The molecule has 2 rings (SSSR count). The van der Waals surface area contributed by atoms with Gasteiger partial charge in [0.1, 0.15) is 5.75 Å². The van der Waals surface area contributed by atoms with Gasteiger partial charge in [-0.15, -0.1) is 0 Å². The Morgan fingerprint density at radius 2 is 1.69 bits per heavy atom. The summed E-state index contributed by atoms with van der Waals surface area (Å²) in [4.78, 5) is 23.5. The molecule has 0 fully saturated rings. The molecule has 10 heteroatoms. The van der Waals surface area contributed by atoms with Gasteiger partial charge in [0.25, 0.3) is 5.91 Å². The van der Waals surface area contributed by atoms with Crippen LogP contribution in [0.2, 0.25) is 0 Å². The number of ether oxygens (including phenoxy) is 4. The van der Waals surface area contributed by atoms with Gasteiger partial charge in [0.15, 0.2) is 24.7 Å². The van der Waals surface area contributed by atoms with Crippen molar-refractivity contribution in [1.29, 1.82) is 0 Å². The molecule has 2 aromatic rings. The maximum absolute atomic E-state index is 12.6. The van der Waals surface area contributed by atoms with Crippen LogP contribution in [0.25, 0.3) is 0 Å². The molecule has 7 nitrogen and oxygen atoms in total. The summed E-state index contributed by atoms with van der Waals surface area (Å²) in [6.07, 6.45) is -4.53. The van der Waals surface area contributed by atoms with Gasteiger partial charge in [-0.3, -0.25) is 4.79 Å². The Morgan fingerprint density at radius 3 is 2.34 bits per heavy atom. The van der Waals surface area contributed by atoms with Crippen LogP contribution in [0.1, 0.15) is 5.56 Å². The second-order valence-electron chi connectivity index (χ2n) is 5.59. The molecule has 0 radical (unpaired) electrons. The first-order chi connectivity index (χ1) is 13.7. The molecule has 0 aromatic heterocycles. The number of anilines is 1. The van der Waals surface area contributed by atoms with E-state index in [4.69, 9.17) is 18.9 Å². The fraction of sp³-hybridized carbons (Fsp3) is 0.263. The van der Waals surface area contributed by atoms with Crippen LogP contribution in [-0.4, -0.2) is 39.3 Å². The third-order valence-corrected chi connectivity index (χ3v) is 3.55. The van der Waals surface area contributed by atoms with Crippen molar-refractivity contribution in [2.75, 3.05) is 32.8 Å². The van der Waals surface area contributed by atoms with Gasteiger partial charge in [0, 0.05) is 11.8 Å². The number of rotatable bonds is 8. The van der Waals surface area contributed by atoms with Crippen molar-refractivity contribution >= 4 is 17.6 Å². The summed E-state index contributed by atoms with van der Waals surface area (Å²) in [6, 6.07) is 8.74. The van der Waals surface area contributed by atoms with Gasteiger partial charge < -0.3 is 24.3 Å². The van der Waals surface area contributed by atoms with Gasteiger partial charge in [-0.25, -0.2) is 4.79 Å². The third kappa shape index (κ3) is 6.59. The standard InChI is InChI=1S/C19H18F3NO6/c1-26-15-7-6-13(9-16(15)27-2)23-17(24)10-29-18(25)11-28-14-5-3-4-12(8-14)19(20,21)22/h3-9H,10-11H2,1-2H3,(H,23,24). The van der Waals surface area contributed by atoms with E-state index in [0.29, 0.717) is 17.2 Å². The number of esters is 1. The molecule has 29 heavy (non-hydrogen) atoms. The number of nitrogens with one attached hydrogen (secondary N) is 1. The summed E-state index contributed by atoms with van der Waals surface area (Å²) >= 11 is 0. The second-order valence-corrected chi connectivity index (χ2v) is 5.59. The number of amides is 1. The smallest absolute Gasteiger partial charge is 0.416 e. The first-order valence-corrected chi connectivity index (χ1v) is 8.20. The minimum Gasteiger partial charge on any atom is -0.493 e. The van der Waals surface area contributed by atoms with Gasteiger partial charge in [0.2, 0.25) is 0 Å². The molecule has 0 spiro atoms. The van der Waals surface area contributed by atoms with Crippen molar-refractivity contribution in [2.24, 2.45) is 0 Å². The van der Waals surface area contributed by atoms with E-state index in [0.717, 1.165) is 18.2 Å². The quantitative estimate of drug-likeness (QED) is 0.669. The van der Waals surface area contributed by atoms with E-state index in [1.54, 1.807) is 12.1 Å². The summed E-state index contributed by atoms with van der Waals surface area (Å²) in [5, 5.41) is 2.50. The topological polar surface area (TPSA) is 83.1 Å². The minimum atomic E-state index is -4.53. The van der Waals surface area contributed by atoms with Crippen LogP contribution < -0.4 is 19.5 Å². The zero-order valence-corrected chi connectivity index (χ0v) is 15.5. The fourth-order valence-electron chi connectivity index (χ4n) is 2.20. The number of carbonyl (C=O) groups excluding carboxylic acids is 2. The van der Waals surface area contributed by atoms with Crippen LogP contribution in [0.3, 0.4) is 0 Å². The van der Waals surface area contributed by atoms with Crippen LogP contribution in [0.15, 0.2) is 42.5 Å². The number of hydrogen-bond acceptors (Lipinski definition) is 6. The zero-order chi connectivity index (χ0) is 21.4. The van der Waals surface area contributed by atoms with Gasteiger partial charge in [-0.1, -0.05) is 6.07 Å². The Labute approximate surface area is 164 Å². The number of methoxy groups -OCH3 is 2. The average molecular weight is 413 g/mol. The number of alkyl halides is 3. The summed E-state index contributed by atoms with van der Waals surface area (Å²) in [5.41, 5.74) is -0.512. The lowest BCUT2D eigenvalue weighted by atomic mass is 10.2. The van der Waals surface area contributed by atoms with Gasteiger partial charge in [-0.2, -0.15) is 13.2 Å². The predicted molar refractivity (Wildman–Crippen MR) is 96.1 cm³/mol. The third-order valence-electron chi connectivity index (χ3n) is 3.55. The van der Waals surface area contributed by atoms with E-state index in [-0.39, 0.29) is 5.75 Å². The largest absolute Gasteiger partial charge is 0.493 e. The number of carbonyl (C=O) groups is 2.